The van der Waals surface area contributed by atoms with Crippen LogP contribution in [0.25, 0.3) is 11.0 Å². The number of Topliss-reactive ketones (excluding diaryl/α,β-unsaturated/α-hetero) is 1. The van der Waals surface area contributed by atoms with E-state index in [4.69, 9.17) is 20.8 Å². The van der Waals surface area contributed by atoms with Crippen molar-refractivity contribution in [3.05, 3.63) is 74.6 Å². The van der Waals surface area contributed by atoms with Crippen LogP contribution in [0.3, 0.4) is 0 Å². The predicted octanol–water partition coefficient (Wildman–Crippen LogP) is 4.29. The summed E-state index contributed by atoms with van der Waals surface area (Å²) in [5, 5.41) is 0.867. The minimum atomic E-state index is -1.12. The van der Waals surface area contributed by atoms with Crippen LogP contribution in [0.1, 0.15) is 15.9 Å². The van der Waals surface area contributed by atoms with Gasteiger partial charge in [-0.3, -0.25) is 4.79 Å². The van der Waals surface area contributed by atoms with Crippen LogP contribution in [-0.4, -0.2) is 12.4 Å². The summed E-state index contributed by atoms with van der Waals surface area (Å²) in [6.07, 6.45) is 0. The summed E-state index contributed by atoms with van der Waals surface area (Å²) in [6.45, 7) is 1.30. The van der Waals surface area contributed by atoms with E-state index in [1.807, 2.05) is 0 Å². The second-order valence-electron chi connectivity index (χ2n) is 5.37. The molecule has 0 aliphatic heterocycles. The molecule has 25 heavy (non-hydrogen) atoms. The molecule has 0 fully saturated rings. The predicted molar refractivity (Wildman–Crippen MR) is 88.4 cm³/mol. The number of hydrogen-bond acceptors (Lipinski definition) is 4. The summed E-state index contributed by atoms with van der Waals surface area (Å²) in [4.78, 5) is 23.5. The van der Waals surface area contributed by atoms with Crippen molar-refractivity contribution in [1.29, 1.82) is 0 Å². The maximum absolute atomic E-state index is 13.2. The number of halogens is 3. The zero-order valence-electron chi connectivity index (χ0n) is 12.9. The second kappa shape index (κ2) is 6.64. The lowest BCUT2D eigenvalue weighted by atomic mass is 10.1. The van der Waals surface area contributed by atoms with Crippen LogP contribution in [0.2, 0.25) is 5.02 Å². The number of benzene rings is 2. The molecule has 0 N–H and O–H groups in total. The molecule has 1 heterocycles. The standard InChI is InChI=1S/C18H11ClF2O4/c1-9-4-18(23)25-16-7-17(12(19)6-11(9)16)24-8-15(22)10-2-3-13(20)14(21)5-10/h2-7H,8H2,1H3. The Morgan fingerprint density at radius 3 is 2.64 bits per heavy atom. The van der Waals surface area contributed by atoms with E-state index in [0.29, 0.717) is 10.9 Å². The number of ketones is 1. The molecule has 4 nitrogen and oxygen atoms in total. The molecule has 0 saturated carbocycles. The summed E-state index contributed by atoms with van der Waals surface area (Å²) < 4.78 is 36.5. The number of aryl methyl sites for hydroxylation is 1. The largest absolute Gasteiger partial charge is 0.484 e. The Labute approximate surface area is 145 Å². The third kappa shape index (κ3) is 3.53. The van der Waals surface area contributed by atoms with Crippen molar-refractivity contribution < 1.29 is 22.7 Å². The average Bonchev–Trinajstić information content (AvgIpc) is 2.56. The number of carbonyl (C=O) groups excluding carboxylic acids is 1. The first-order valence-electron chi connectivity index (χ1n) is 7.20. The Morgan fingerprint density at radius 2 is 1.92 bits per heavy atom. The smallest absolute Gasteiger partial charge is 0.336 e. The van der Waals surface area contributed by atoms with Crippen molar-refractivity contribution in [2.45, 2.75) is 6.92 Å². The van der Waals surface area contributed by atoms with Crippen molar-refractivity contribution in [3.8, 4) is 5.75 Å². The highest BCUT2D eigenvalue weighted by Crippen LogP contribution is 2.31. The van der Waals surface area contributed by atoms with E-state index in [1.165, 1.54) is 12.1 Å². The molecule has 0 atom stereocenters. The van der Waals surface area contributed by atoms with Crippen LogP contribution >= 0.6 is 11.6 Å². The number of fused-ring (bicyclic) bond motifs is 1. The van der Waals surface area contributed by atoms with Gasteiger partial charge < -0.3 is 9.15 Å². The van der Waals surface area contributed by atoms with Gasteiger partial charge >= 0.3 is 5.63 Å². The maximum atomic E-state index is 13.2. The molecule has 0 aliphatic rings. The van der Waals surface area contributed by atoms with Gasteiger partial charge in [-0.15, -0.1) is 0 Å². The highest BCUT2D eigenvalue weighted by molar-refractivity contribution is 6.32. The summed E-state index contributed by atoms with van der Waals surface area (Å²) in [5.74, 6) is -2.58. The maximum Gasteiger partial charge on any atom is 0.336 e. The van der Waals surface area contributed by atoms with E-state index >= 15 is 0 Å². The lowest BCUT2D eigenvalue weighted by Crippen LogP contribution is -2.12. The Morgan fingerprint density at radius 1 is 1.16 bits per heavy atom. The van der Waals surface area contributed by atoms with Gasteiger partial charge in [0, 0.05) is 23.1 Å². The van der Waals surface area contributed by atoms with Crippen LogP contribution in [0.4, 0.5) is 8.78 Å². The van der Waals surface area contributed by atoms with Gasteiger partial charge in [0.05, 0.1) is 5.02 Å². The fourth-order valence-electron chi connectivity index (χ4n) is 2.33. The Kier molecular flexibility index (Phi) is 4.55. The number of carbonyl (C=O) groups is 1. The third-order valence-corrected chi connectivity index (χ3v) is 3.90. The van der Waals surface area contributed by atoms with Crippen LogP contribution in [0.15, 0.2) is 45.6 Å². The number of ether oxygens (including phenoxy) is 1. The van der Waals surface area contributed by atoms with Gasteiger partial charge in [-0.2, -0.15) is 0 Å². The molecule has 2 aromatic carbocycles. The topological polar surface area (TPSA) is 56.5 Å². The molecular formula is C18H11ClF2O4. The first-order chi connectivity index (χ1) is 11.8. The molecule has 0 saturated heterocycles. The zero-order valence-corrected chi connectivity index (χ0v) is 13.7. The van der Waals surface area contributed by atoms with Gasteiger partial charge in [0.25, 0.3) is 0 Å². The minimum Gasteiger partial charge on any atom is -0.484 e. The van der Waals surface area contributed by atoms with E-state index in [1.54, 1.807) is 13.0 Å². The molecule has 1 aromatic heterocycles. The highest BCUT2D eigenvalue weighted by atomic mass is 35.5. The third-order valence-electron chi connectivity index (χ3n) is 3.60. The number of hydrogen-bond donors (Lipinski definition) is 0. The fraction of sp³-hybridized carbons (Fsp3) is 0.111. The summed E-state index contributed by atoms with van der Waals surface area (Å²) in [5.41, 5.74) is 0.413. The molecule has 0 amide bonds. The van der Waals surface area contributed by atoms with Crippen LogP contribution in [0.5, 0.6) is 5.75 Å². The van der Waals surface area contributed by atoms with Gasteiger partial charge in [0.15, 0.2) is 24.0 Å². The lowest BCUT2D eigenvalue weighted by Gasteiger charge is -2.09. The molecule has 0 unspecified atom stereocenters. The van der Waals surface area contributed by atoms with Crippen molar-refractivity contribution in [2.75, 3.05) is 6.61 Å². The SMILES string of the molecule is Cc1cc(=O)oc2cc(OCC(=O)c3ccc(F)c(F)c3)c(Cl)cc12. The molecular weight excluding hydrogens is 354 g/mol. The van der Waals surface area contributed by atoms with Crippen LogP contribution < -0.4 is 10.4 Å². The molecule has 0 bridgehead atoms. The first-order valence-corrected chi connectivity index (χ1v) is 7.58. The average molecular weight is 365 g/mol. The fourth-order valence-corrected chi connectivity index (χ4v) is 2.54. The quantitative estimate of drug-likeness (QED) is 0.512. The number of rotatable bonds is 4. The molecule has 3 rings (SSSR count). The zero-order chi connectivity index (χ0) is 18.1. The molecule has 3 aromatic rings. The van der Waals surface area contributed by atoms with Crippen molar-refractivity contribution in [3.63, 3.8) is 0 Å². The van der Waals surface area contributed by atoms with Crippen LogP contribution in [-0.2, 0) is 0 Å². The first kappa shape index (κ1) is 17.1. The monoisotopic (exact) mass is 364 g/mol. The van der Waals surface area contributed by atoms with Crippen molar-refractivity contribution >= 4 is 28.4 Å². The molecule has 0 aliphatic carbocycles. The van der Waals surface area contributed by atoms with Gasteiger partial charge in [0.1, 0.15) is 11.3 Å². The van der Waals surface area contributed by atoms with E-state index in [0.717, 1.165) is 18.2 Å². The van der Waals surface area contributed by atoms with Crippen LogP contribution in [0, 0.1) is 18.6 Å². The summed E-state index contributed by atoms with van der Waals surface area (Å²) in [7, 11) is 0. The van der Waals surface area contributed by atoms with E-state index in [2.05, 4.69) is 0 Å². The second-order valence-corrected chi connectivity index (χ2v) is 5.78. The van der Waals surface area contributed by atoms with E-state index in [-0.39, 0.29) is 21.9 Å². The van der Waals surface area contributed by atoms with Crippen molar-refractivity contribution in [2.24, 2.45) is 0 Å². The van der Waals surface area contributed by atoms with Crippen molar-refractivity contribution in [1.82, 2.24) is 0 Å². The highest BCUT2D eigenvalue weighted by Gasteiger charge is 2.13. The van der Waals surface area contributed by atoms with Gasteiger partial charge in [-0.25, -0.2) is 13.6 Å². The van der Waals surface area contributed by atoms with E-state index < -0.39 is 29.7 Å². The van der Waals surface area contributed by atoms with Gasteiger partial charge in [0.2, 0.25) is 0 Å². The van der Waals surface area contributed by atoms with E-state index in [9.17, 15) is 18.4 Å². The summed E-state index contributed by atoms with van der Waals surface area (Å²) >= 11 is 6.12. The lowest BCUT2D eigenvalue weighted by molar-refractivity contribution is 0.0921. The normalized spacial score (nSPS) is 10.9. The van der Waals surface area contributed by atoms with Gasteiger partial charge in [-0.05, 0) is 36.8 Å². The minimum absolute atomic E-state index is 0.0295. The Bertz CT molecular complexity index is 1040. The molecule has 0 radical (unpaired) electrons. The van der Waals surface area contributed by atoms with Gasteiger partial charge in [-0.1, -0.05) is 11.6 Å². The molecule has 128 valence electrons. The summed E-state index contributed by atoms with van der Waals surface area (Å²) in [6, 6.07) is 7.13. The Balaban J connectivity index is 1.85. The molecule has 7 heteroatoms. The Hall–Kier alpha value is -2.73. The molecule has 0 spiro atoms.